The van der Waals surface area contributed by atoms with Crippen LogP contribution >= 0.6 is 0 Å². The average molecular weight is 304 g/mol. The normalized spacial score (nSPS) is 28.2. The van der Waals surface area contributed by atoms with Gasteiger partial charge in [0.25, 0.3) is 5.91 Å². The molecule has 3 atom stereocenters. The van der Waals surface area contributed by atoms with Gasteiger partial charge < -0.3 is 14.8 Å². The number of carbonyl (C=O) groups excluding carboxylic acids is 1. The van der Waals surface area contributed by atoms with Crippen LogP contribution in [0.2, 0.25) is 0 Å². The number of morpholine rings is 1. The third kappa shape index (κ3) is 2.96. The van der Waals surface area contributed by atoms with Gasteiger partial charge in [-0.05, 0) is 31.9 Å². The monoisotopic (exact) mass is 304 g/mol. The summed E-state index contributed by atoms with van der Waals surface area (Å²) in [7, 11) is 1.60. The molecule has 0 unspecified atom stereocenters. The minimum Gasteiger partial charge on any atom is -0.496 e. The Morgan fingerprint density at radius 3 is 3.00 bits per heavy atom. The highest BCUT2D eigenvalue weighted by atomic mass is 16.5. The summed E-state index contributed by atoms with van der Waals surface area (Å²) >= 11 is 0. The number of fused-ring (bicyclic) bond motifs is 1. The Balaban J connectivity index is 1.68. The maximum Gasteiger partial charge on any atom is 0.255 e. The Hall–Kier alpha value is -1.59. The van der Waals surface area contributed by atoms with Gasteiger partial charge in [-0.25, -0.2) is 0 Å². The minimum absolute atomic E-state index is 0.0474. The van der Waals surface area contributed by atoms with Crippen LogP contribution in [0.15, 0.2) is 18.2 Å². The van der Waals surface area contributed by atoms with Crippen molar-refractivity contribution < 1.29 is 14.3 Å². The van der Waals surface area contributed by atoms with Gasteiger partial charge in [0.1, 0.15) is 5.75 Å². The van der Waals surface area contributed by atoms with E-state index in [4.69, 9.17) is 9.47 Å². The predicted molar refractivity (Wildman–Crippen MR) is 84.4 cm³/mol. The Bertz CT molecular complexity index is 561. The van der Waals surface area contributed by atoms with Crippen LogP contribution in [-0.2, 0) is 4.74 Å². The third-order valence-electron chi connectivity index (χ3n) is 4.61. The van der Waals surface area contributed by atoms with Crippen molar-refractivity contribution in [1.82, 2.24) is 10.2 Å². The van der Waals surface area contributed by atoms with Crippen LogP contribution < -0.4 is 10.1 Å². The second-order valence-electron chi connectivity index (χ2n) is 6.31. The highest BCUT2D eigenvalue weighted by molar-refractivity contribution is 5.98. The summed E-state index contributed by atoms with van der Waals surface area (Å²) < 4.78 is 11.0. The standard InChI is InChI=1S/C17H24N2O3/c1-11-5-4-6-15(21-3)16(11)17(20)18-13-7-14-10-22-12(2)8-19(14)9-13/h4-6,12-14H,7-10H2,1-3H3,(H,18,20)/t12-,13-,14-/m0/s1. The van der Waals surface area contributed by atoms with Gasteiger partial charge in [0.15, 0.2) is 0 Å². The topological polar surface area (TPSA) is 50.8 Å². The molecular formula is C17H24N2O3. The van der Waals surface area contributed by atoms with Gasteiger partial charge in [-0.15, -0.1) is 0 Å². The zero-order valence-corrected chi connectivity index (χ0v) is 13.5. The van der Waals surface area contributed by atoms with E-state index in [2.05, 4.69) is 17.1 Å². The van der Waals surface area contributed by atoms with Crippen molar-refractivity contribution in [2.45, 2.75) is 38.5 Å². The summed E-state index contributed by atoms with van der Waals surface area (Å²) in [6.45, 7) is 6.65. The fraction of sp³-hybridized carbons (Fsp3) is 0.588. The van der Waals surface area contributed by atoms with E-state index in [1.54, 1.807) is 7.11 Å². The maximum absolute atomic E-state index is 12.6. The predicted octanol–water partition coefficient (Wildman–Crippen LogP) is 1.60. The molecule has 1 N–H and O–H groups in total. The van der Waals surface area contributed by atoms with E-state index in [0.717, 1.165) is 31.7 Å². The van der Waals surface area contributed by atoms with Crippen LogP contribution in [0.3, 0.4) is 0 Å². The molecule has 0 aliphatic carbocycles. The molecule has 2 fully saturated rings. The van der Waals surface area contributed by atoms with Crippen molar-refractivity contribution >= 4 is 5.91 Å². The number of nitrogens with one attached hydrogen (secondary N) is 1. The molecule has 2 heterocycles. The first-order valence-corrected chi connectivity index (χ1v) is 7.88. The lowest BCUT2D eigenvalue weighted by Crippen LogP contribution is -2.45. The Labute approximate surface area is 131 Å². The number of benzene rings is 1. The molecule has 1 amide bonds. The molecule has 2 saturated heterocycles. The fourth-order valence-corrected chi connectivity index (χ4v) is 3.50. The number of hydrogen-bond donors (Lipinski definition) is 1. The minimum atomic E-state index is -0.0474. The van der Waals surface area contributed by atoms with E-state index in [1.165, 1.54) is 0 Å². The second-order valence-corrected chi connectivity index (χ2v) is 6.31. The Kier molecular flexibility index (Phi) is 4.36. The van der Waals surface area contributed by atoms with Crippen LogP contribution in [-0.4, -0.2) is 55.8 Å². The van der Waals surface area contributed by atoms with E-state index < -0.39 is 0 Å². The second kappa shape index (κ2) is 6.26. The lowest BCUT2D eigenvalue weighted by Gasteiger charge is -2.33. The quantitative estimate of drug-likeness (QED) is 0.921. The van der Waals surface area contributed by atoms with Crippen LogP contribution in [0, 0.1) is 6.92 Å². The lowest BCUT2D eigenvalue weighted by molar-refractivity contribution is -0.0390. The Morgan fingerprint density at radius 1 is 1.41 bits per heavy atom. The molecule has 0 spiro atoms. The summed E-state index contributed by atoms with van der Waals surface area (Å²) in [5, 5.41) is 3.17. The molecule has 5 nitrogen and oxygen atoms in total. The van der Waals surface area contributed by atoms with E-state index in [-0.39, 0.29) is 18.1 Å². The van der Waals surface area contributed by atoms with Crippen molar-refractivity contribution in [3.05, 3.63) is 29.3 Å². The molecule has 22 heavy (non-hydrogen) atoms. The first-order chi connectivity index (χ1) is 10.6. The first kappa shape index (κ1) is 15.3. The molecule has 2 aliphatic heterocycles. The van der Waals surface area contributed by atoms with Crippen molar-refractivity contribution in [3.8, 4) is 5.75 Å². The molecule has 5 heteroatoms. The molecule has 120 valence electrons. The molecule has 0 bridgehead atoms. The van der Waals surface area contributed by atoms with Crippen LogP contribution in [0.1, 0.15) is 29.3 Å². The SMILES string of the molecule is COc1cccc(C)c1C(=O)N[C@H]1C[C@H]2CO[C@@H](C)CN2C1. The number of amides is 1. The number of aryl methyl sites for hydroxylation is 1. The maximum atomic E-state index is 12.6. The lowest BCUT2D eigenvalue weighted by atomic mass is 10.1. The third-order valence-corrected chi connectivity index (χ3v) is 4.61. The Morgan fingerprint density at radius 2 is 2.23 bits per heavy atom. The van der Waals surface area contributed by atoms with Crippen LogP contribution in [0.25, 0.3) is 0 Å². The highest BCUT2D eigenvalue weighted by Crippen LogP contribution is 2.25. The smallest absolute Gasteiger partial charge is 0.255 e. The molecule has 1 aromatic carbocycles. The van der Waals surface area contributed by atoms with Gasteiger partial charge >= 0.3 is 0 Å². The molecule has 0 aromatic heterocycles. The van der Waals surface area contributed by atoms with Crippen LogP contribution in [0.5, 0.6) is 5.75 Å². The van der Waals surface area contributed by atoms with Crippen molar-refractivity contribution in [2.75, 3.05) is 26.8 Å². The van der Waals surface area contributed by atoms with E-state index >= 15 is 0 Å². The number of methoxy groups -OCH3 is 1. The zero-order chi connectivity index (χ0) is 15.7. The largest absolute Gasteiger partial charge is 0.496 e. The van der Waals surface area contributed by atoms with E-state index in [0.29, 0.717) is 17.4 Å². The molecule has 1 aromatic rings. The summed E-state index contributed by atoms with van der Waals surface area (Å²) in [6, 6.07) is 6.27. The number of ether oxygens (including phenoxy) is 2. The van der Waals surface area contributed by atoms with Crippen LogP contribution in [0.4, 0.5) is 0 Å². The van der Waals surface area contributed by atoms with E-state index in [1.807, 2.05) is 25.1 Å². The fourth-order valence-electron chi connectivity index (χ4n) is 3.50. The van der Waals surface area contributed by atoms with Gasteiger partial charge in [-0.2, -0.15) is 0 Å². The van der Waals surface area contributed by atoms with Crippen molar-refractivity contribution in [3.63, 3.8) is 0 Å². The molecule has 0 saturated carbocycles. The highest BCUT2D eigenvalue weighted by Gasteiger charge is 2.37. The van der Waals surface area contributed by atoms with Gasteiger partial charge in [0.2, 0.25) is 0 Å². The molecule has 3 rings (SSSR count). The van der Waals surface area contributed by atoms with Gasteiger partial charge in [0.05, 0.1) is 25.4 Å². The van der Waals surface area contributed by atoms with Gasteiger partial charge in [0, 0.05) is 25.2 Å². The molecule has 0 radical (unpaired) electrons. The molecular weight excluding hydrogens is 280 g/mol. The zero-order valence-electron chi connectivity index (χ0n) is 13.5. The van der Waals surface area contributed by atoms with Crippen molar-refractivity contribution in [2.24, 2.45) is 0 Å². The summed E-state index contributed by atoms with van der Waals surface area (Å²) in [5.41, 5.74) is 1.57. The van der Waals surface area contributed by atoms with Gasteiger partial charge in [-0.1, -0.05) is 12.1 Å². The molecule has 2 aliphatic rings. The number of hydrogen-bond acceptors (Lipinski definition) is 4. The van der Waals surface area contributed by atoms with E-state index in [9.17, 15) is 4.79 Å². The van der Waals surface area contributed by atoms with Gasteiger partial charge in [-0.3, -0.25) is 9.69 Å². The number of rotatable bonds is 3. The summed E-state index contributed by atoms with van der Waals surface area (Å²) in [6.07, 6.45) is 1.23. The summed E-state index contributed by atoms with van der Waals surface area (Å²) in [4.78, 5) is 15.1. The number of carbonyl (C=O) groups is 1. The number of nitrogens with zero attached hydrogens (tertiary/aromatic N) is 1. The van der Waals surface area contributed by atoms with Crippen molar-refractivity contribution in [1.29, 1.82) is 0 Å². The summed E-state index contributed by atoms with van der Waals surface area (Å²) in [5.74, 6) is 0.582. The average Bonchev–Trinajstić information content (AvgIpc) is 2.87. The first-order valence-electron chi connectivity index (χ1n) is 7.88.